The molecule has 0 saturated carbocycles. The smallest absolute Gasteiger partial charge is 0.329 e. The van der Waals surface area contributed by atoms with Gasteiger partial charge >= 0.3 is 11.7 Å². The monoisotopic (exact) mass is 276 g/mol. The number of urea groups is 1. The molecule has 0 saturated heterocycles. The zero-order valence-corrected chi connectivity index (χ0v) is 11.1. The van der Waals surface area contributed by atoms with E-state index in [1.54, 1.807) is 4.57 Å². The van der Waals surface area contributed by atoms with Crippen LogP contribution in [0.2, 0.25) is 0 Å². The van der Waals surface area contributed by atoms with Crippen LogP contribution in [0.4, 0.5) is 4.79 Å². The van der Waals surface area contributed by atoms with Crippen LogP contribution in [0.1, 0.15) is 13.3 Å². The molecule has 0 aliphatic rings. The van der Waals surface area contributed by atoms with E-state index in [2.05, 4.69) is 0 Å². The van der Waals surface area contributed by atoms with Gasteiger partial charge in [0.1, 0.15) is 0 Å². The van der Waals surface area contributed by atoms with Crippen LogP contribution in [0.3, 0.4) is 0 Å². The number of amides is 3. The number of aromatic nitrogens is 2. The van der Waals surface area contributed by atoms with Crippen LogP contribution in [-0.4, -0.2) is 21.1 Å². The predicted molar refractivity (Wildman–Crippen MR) is 74.2 cm³/mol. The van der Waals surface area contributed by atoms with Crippen LogP contribution >= 0.6 is 0 Å². The minimum absolute atomic E-state index is 0.0145. The van der Waals surface area contributed by atoms with Crippen LogP contribution in [0.25, 0.3) is 11.0 Å². The molecule has 1 aromatic carbocycles. The normalized spacial score (nSPS) is 10.7. The van der Waals surface area contributed by atoms with E-state index >= 15 is 0 Å². The summed E-state index contributed by atoms with van der Waals surface area (Å²) < 4.78 is 3.17. The van der Waals surface area contributed by atoms with Gasteiger partial charge in [0.25, 0.3) is 0 Å². The van der Waals surface area contributed by atoms with Gasteiger partial charge in [-0.2, -0.15) is 0 Å². The molecule has 0 aliphatic heterocycles. The number of nitrogens with zero attached hydrogens (tertiary/aromatic N) is 2. The van der Waals surface area contributed by atoms with Crippen molar-refractivity contribution in [2.75, 3.05) is 0 Å². The number of hydrogen-bond acceptors (Lipinski definition) is 3. The van der Waals surface area contributed by atoms with E-state index in [1.807, 2.05) is 36.5 Å². The topological polar surface area (TPSA) is 99.1 Å². The molecule has 0 bridgehead atoms. The first-order valence-corrected chi connectivity index (χ1v) is 6.32. The molecule has 3 N–H and O–H groups in total. The standard InChI is InChI=1S/C13H16N4O3/c1-2-16-9-5-3-4-6-10(9)17(13(16)20)8-7-11(18)15-12(14)19/h3-6H,2,7-8H2,1H3,(H3,14,15,18,19). The van der Waals surface area contributed by atoms with Gasteiger partial charge in [0, 0.05) is 19.5 Å². The predicted octanol–water partition coefficient (Wildman–Crippen LogP) is 0.408. The van der Waals surface area contributed by atoms with Crippen LogP contribution < -0.4 is 16.7 Å². The van der Waals surface area contributed by atoms with Crippen LogP contribution in [0.5, 0.6) is 0 Å². The van der Waals surface area contributed by atoms with E-state index in [9.17, 15) is 14.4 Å². The highest BCUT2D eigenvalue weighted by Crippen LogP contribution is 2.12. The minimum Gasteiger partial charge on any atom is -0.351 e. The number of primary amides is 1. The molecule has 2 aromatic rings. The molecule has 0 aliphatic carbocycles. The highest BCUT2D eigenvalue weighted by molar-refractivity contribution is 5.93. The fourth-order valence-electron chi connectivity index (χ4n) is 2.21. The van der Waals surface area contributed by atoms with Crippen molar-refractivity contribution in [3.63, 3.8) is 0 Å². The number of imidazole rings is 1. The molecular formula is C13H16N4O3. The molecule has 0 radical (unpaired) electrons. The fourth-order valence-corrected chi connectivity index (χ4v) is 2.21. The molecule has 20 heavy (non-hydrogen) atoms. The Bertz CT molecular complexity index is 714. The number of hydrogen-bond donors (Lipinski definition) is 2. The van der Waals surface area contributed by atoms with Gasteiger partial charge in [0.05, 0.1) is 11.0 Å². The van der Waals surface area contributed by atoms with E-state index in [0.717, 1.165) is 11.0 Å². The van der Waals surface area contributed by atoms with E-state index in [1.165, 1.54) is 4.57 Å². The first kappa shape index (κ1) is 13.9. The van der Waals surface area contributed by atoms with E-state index in [-0.39, 0.29) is 18.7 Å². The van der Waals surface area contributed by atoms with Gasteiger partial charge < -0.3 is 5.73 Å². The maximum absolute atomic E-state index is 12.3. The van der Waals surface area contributed by atoms with Crippen LogP contribution in [-0.2, 0) is 17.9 Å². The summed E-state index contributed by atoms with van der Waals surface area (Å²) in [4.78, 5) is 34.2. The van der Waals surface area contributed by atoms with Crippen molar-refractivity contribution < 1.29 is 9.59 Å². The quantitative estimate of drug-likeness (QED) is 0.845. The van der Waals surface area contributed by atoms with Crippen molar-refractivity contribution in [2.24, 2.45) is 5.73 Å². The molecule has 0 atom stereocenters. The van der Waals surface area contributed by atoms with Crippen molar-refractivity contribution in [2.45, 2.75) is 26.4 Å². The lowest BCUT2D eigenvalue weighted by Crippen LogP contribution is -2.36. The summed E-state index contributed by atoms with van der Waals surface area (Å²) >= 11 is 0. The minimum atomic E-state index is -0.890. The average molecular weight is 276 g/mol. The Kier molecular flexibility index (Phi) is 3.88. The third-order valence-corrected chi connectivity index (χ3v) is 3.07. The van der Waals surface area contributed by atoms with Gasteiger partial charge in [0.15, 0.2) is 0 Å². The van der Waals surface area contributed by atoms with Gasteiger partial charge in [0.2, 0.25) is 5.91 Å². The number of carbonyl (C=O) groups excluding carboxylic acids is 2. The Hall–Kier alpha value is -2.57. The molecule has 0 fully saturated rings. The Balaban J connectivity index is 2.31. The number of nitrogens with two attached hydrogens (primary N) is 1. The first-order valence-electron chi connectivity index (χ1n) is 6.32. The second-order valence-corrected chi connectivity index (χ2v) is 4.33. The maximum atomic E-state index is 12.3. The van der Waals surface area contributed by atoms with Crippen molar-refractivity contribution in [1.82, 2.24) is 14.5 Å². The summed E-state index contributed by atoms with van der Waals surface area (Å²) in [6.07, 6.45) is 0.0145. The second-order valence-electron chi connectivity index (χ2n) is 4.33. The summed E-state index contributed by atoms with van der Waals surface area (Å²) in [5, 5.41) is 1.98. The highest BCUT2D eigenvalue weighted by Gasteiger charge is 2.13. The third-order valence-electron chi connectivity index (χ3n) is 3.07. The fraction of sp³-hybridized carbons (Fsp3) is 0.308. The number of carbonyl (C=O) groups is 2. The Morgan fingerprint density at radius 3 is 2.35 bits per heavy atom. The Morgan fingerprint density at radius 2 is 1.80 bits per heavy atom. The number of nitrogens with one attached hydrogen (secondary N) is 1. The lowest BCUT2D eigenvalue weighted by atomic mass is 10.3. The van der Waals surface area contributed by atoms with Crippen LogP contribution in [0, 0.1) is 0 Å². The second kappa shape index (κ2) is 5.60. The summed E-state index contributed by atoms with van der Waals surface area (Å²) in [6.45, 7) is 2.64. The lowest BCUT2D eigenvalue weighted by molar-refractivity contribution is -0.120. The van der Waals surface area contributed by atoms with E-state index < -0.39 is 11.9 Å². The molecule has 1 aromatic heterocycles. The van der Waals surface area contributed by atoms with Gasteiger partial charge in [-0.3, -0.25) is 19.2 Å². The van der Waals surface area contributed by atoms with Crippen molar-refractivity contribution in [3.05, 3.63) is 34.7 Å². The summed E-state index contributed by atoms with van der Waals surface area (Å²) in [7, 11) is 0. The first-order chi connectivity index (χ1) is 9.54. The summed E-state index contributed by atoms with van der Waals surface area (Å²) in [5.74, 6) is -0.502. The lowest BCUT2D eigenvalue weighted by Gasteiger charge is -2.03. The van der Waals surface area contributed by atoms with Crippen molar-refractivity contribution in [1.29, 1.82) is 0 Å². The molecule has 1 heterocycles. The number of fused-ring (bicyclic) bond motifs is 1. The molecule has 3 amide bonds. The number of aryl methyl sites for hydroxylation is 2. The number of para-hydroxylation sites is 2. The Labute approximate surface area is 115 Å². The largest absolute Gasteiger partial charge is 0.351 e. The van der Waals surface area contributed by atoms with Gasteiger partial charge in [-0.1, -0.05) is 12.1 Å². The molecule has 2 rings (SSSR count). The molecule has 7 heteroatoms. The number of benzene rings is 1. The SMILES string of the molecule is CCn1c(=O)n(CCC(=O)NC(N)=O)c2ccccc21. The zero-order chi connectivity index (χ0) is 14.7. The molecule has 106 valence electrons. The molecule has 0 spiro atoms. The van der Waals surface area contributed by atoms with E-state index in [4.69, 9.17) is 5.73 Å². The highest BCUT2D eigenvalue weighted by atomic mass is 16.2. The molecule has 7 nitrogen and oxygen atoms in total. The summed E-state index contributed by atoms with van der Waals surface area (Å²) in [6, 6.07) is 6.49. The zero-order valence-electron chi connectivity index (χ0n) is 11.1. The van der Waals surface area contributed by atoms with Crippen molar-refractivity contribution >= 4 is 23.0 Å². The third kappa shape index (κ3) is 2.56. The van der Waals surface area contributed by atoms with Gasteiger partial charge in [-0.05, 0) is 19.1 Å². The van der Waals surface area contributed by atoms with Crippen molar-refractivity contribution in [3.8, 4) is 0 Å². The van der Waals surface area contributed by atoms with E-state index in [0.29, 0.717) is 6.54 Å². The number of imide groups is 1. The summed E-state index contributed by atoms with van der Waals surface area (Å²) in [5.41, 5.74) is 6.30. The average Bonchev–Trinajstić information content (AvgIpc) is 2.67. The molecule has 0 unspecified atom stereocenters. The van der Waals surface area contributed by atoms with Crippen LogP contribution in [0.15, 0.2) is 29.1 Å². The van der Waals surface area contributed by atoms with Gasteiger partial charge in [-0.25, -0.2) is 9.59 Å². The molecular weight excluding hydrogens is 260 g/mol. The van der Waals surface area contributed by atoms with Gasteiger partial charge in [-0.15, -0.1) is 0 Å². The Morgan fingerprint density at radius 1 is 1.20 bits per heavy atom. The maximum Gasteiger partial charge on any atom is 0.329 e. The number of rotatable bonds is 4.